The van der Waals surface area contributed by atoms with Crippen LogP contribution in [0.3, 0.4) is 0 Å². The van der Waals surface area contributed by atoms with Crippen LogP contribution in [-0.4, -0.2) is 45.0 Å². The molecule has 0 aliphatic carbocycles. The van der Waals surface area contributed by atoms with Gasteiger partial charge in [-0.15, -0.1) is 0 Å². The predicted octanol–water partition coefficient (Wildman–Crippen LogP) is 0.110. The van der Waals surface area contributed by atoms with Crippen molar-refractivity contribution in [3.05, 3.63) is 48.5 Å². The first-order valence-corrected chi connectivity index (χ1v) is 7.01. The second kappa shape index (κ2) is 4.33. The van der Waals surface area contributed by atoms with E-state index in [1.54, 1.807) is 23.1 Å². The summed E-state index contributed by atoms with van der Waals surface area (Å²) in [6, 6.07) is 5.08. The van der Waals surface area contributed by atoms with Gasteiger partial charge in [0.25, 0.3) is 11.8 Å². The predicted molar refractivity (Wildman–Crippen MR) is 78.9 cm³/mol. The van der Waals surface area contributed by atoms with Crippen LogP contribution in [0.25, 0.3) is 5.52 Å². The minimum absolute atomic E-state index is 0.147. The highest BCUT2D eigenvalue weighted by atomic mass is 16.2. The summed E-state index contributed by atoms with van der Waals surface area (Å²) in [7, 11) is 0. The topological polar surface area (TPSA) is 78.7 Å². The van der Waals surface area contributed by atoms with Crippen LogP contribution >= 0.6 is 0 Å². The molecule has 0 bridgehead atoms. The SMILES string of the molecule is [3H]c1cccc2c(C(=O)N3CCC4(C3)NC(=C)NC4=O)cnn12. The molecule has 0 radical (unpaired) electrons. The number of aromatic nitrogens is 2. The zero-order valence-corrected chi connectivity index (χ0v) is 11.8. The van der Waals surface area contributed by atoms with Gasteiger partial charge in [-0.1, -0.05) is 12.6 Å². The molecule has 7 heteroatoms. The summed E-state index contributed by atoms with van der Waals surface area (Å²) < 4.78 is 9.23. The molecule has 2 aromatic heterocycles. The van der Waals surface area contributed by atoms with Crippen LogP contribution in [-0.2, 0) is 4.79 Å². The van der Waals surface area contributed by atoms with E-state index in [0.717, 1.165) is 0 Å². The van der Waals surface area contributed by atoms with Crippen molar-refractivity contribution in [2.24, 2.45) is 0 Å². The molecule has 1 unspecified atom stereocenters. The number of nitrogens with one attached hydrogen (secondary N) is 2. The zero-order valence-electron chi connectivity index (χ0n) is 12.8. The second-order valence-corrected chi connectivity index (χ2v) is 5.63. The Morgan fingerprint density at radius 3 is 3.14 bits per heavy atom. The van der Waals surface area contributed by atoms with Crippen molar-refractivity contribution < 1.29 is 11.0 Å². The smallest absolute Gasteiger partial charge is 0.257 e. The summed E-state index contributed by atoms with van der Waals surface area (Å²) >= 11 is 0. The van der Waals surface area contributed by atoms with Gasteiger partial charge < -0.3 is 15.5 Å². The molecule has 2 saturated heterocycles. The molecule has 2 amide bonds. The van der Waals surface area contributed by atoms with Gasteiger partial charge in [0.2, 0.25) is 0 Å². The van der Waals surface area contributed by atoms with E-state index < -0.39 is 5.54 Å². The Morgan fingerprint density at radius 1 is 1.50 bits per heavy atom. The molecular weight excluding hydrogens is 282 g/mol. The Morgan fingerprint density at radius 2 is 2.36 bits per heavy atom. The largest absolute Gasteiger partial charge is 0.356 e. The Kier molecular flexibility index (Phi) is 2.32. The average Bonchev–Trinajstić information content (AvgIpc) is 3.18. The minimum Gasteiger partial charge on any atom is -0.356 e. The minimum atomic E-state index is -0.781. The molecule has 2 aliphatic heterocycles. The molecule has 1 spiro atoms. The van der Waals surface area contributed by atoms with Crippen LogP contribution in [0.15, 0.2) is 43.0 Å². The fraction of sp³-hybridized carbons (Fsp3) is 0.267. The molecule has 112 valence electrons. The van der Waals surface area contributed by atoms with Crippen LogP contribution in [0.1, 0.15) is 18.1 Å². The van der Waals surface area contributed by atoms with Crippen molar-refractivity contribution in [3.63, 3.8) is 0 Å². The number of amides is 2. The Balaban J connectivity index is 1.64. The van der Waals surface area contributed by atoms with Crippen molar-refractivity contribution in [1.29, 1.82) is 0 Å². The van der Waals surface area contributed by atoms with Crippen molar-refractivity contribution in [2.45, 2.75) is 12.0 Å². The average molecular weight is 299 g/mol. The van der Waals surface area contributed by atoms with Gasteiger partial charge in [0.15, 0.2) is 0 Å². The molecule has 1 atom stereocenters. The lowest BCUT2D eigenvalue weighted by Gasteiger charge is -2.21. The molecule has 0 saturated carbocycles. The van der Waals surface area contributed by atoms with Crippen molar-refractivity contribution >= 4 is 17.3 Å². The van der Waals surface area contributed by atoms with Gasteiger partial charge in [-0.05, 0) is 18.6 Å². The van der Waals surface area contributed by atoms with Gasteiger partial charge in [0.05, 0.1) is 31.0 Å². The molecule has 2 aromatic rings. The number of hydrogen-bond acceptors (Lipinski definition) is 4. The van der Waals surface area contributed by atoms with E-state index in [-0.39, 0.29) is 24.5 Å². The monoisotopic (exact) mass is 299 g/mol. The molecular formula is C15H15N5O2. The summed E-state index contributed by atoms with van der Waals surface area (Å²) in [5, 5.41) is 9.81. The van der Waals surface area contributed by atoms with Crippen molar-refractivity contribution in [2.75, 3.05) is 13.1 Å². The normalized spacial score (nSPS) is 24.7. The van der Waals surface area contributed by atoms with Crippen LogP contribution < -0.4 is 10.6 Å². The summed E-state index contributed by atoms with van der Waals surface area (Å²) in [6.07, 6.45) is 2.22. The van der Waals surface area contributed by atoms with Crippen LogP contribution in [0.4, 0.5) is 0 Å². The Hall–Kier alpha value is -2.83. The highest BCUT2D eigenvalue weighted by Gasteiger charge is 2.50. The van der Waals surface area contributed by atoms with E-state index >= 15 is 0 Å². The van der Waals surface area contributed by atoms with Crippen LogP contribution in [0.5, 0.6) is 0 Å². The Labute approximate surface area is 128 Å². The van der Waals surface area contributed by atoms with E-state index in [2.05, 4.69) is 22.3 Å². The lowest BCUT2D eigenvalue weighted by atomic mass is 9.99. The molecule has 4 heterocycles. The number of carbonyl (C=O) groups excluding carboxylic acids is 2. The van der Waals surface area contributed by atoms with Gasteiger partial charge in [-0.2, -0.15) is 5.10 Å². The van der Waals surface area contributed by atoms with Gasteiger partial charge in [-0.3, -0.25) is 9.59 Å². The number of fused-ring (bicyclic) bond motifs is 1. The summed E-state index contributed by atoms with van der Waals surface area (Å²) in [5.74, 6) is 0.139. The summed E-state index contributed by atoms with van der Waals surface area (Å²) in [6.45, 7) is 4.48. The van der Waals surface area contributed by atoms with Crippen LogP contribution in [0.2, 0.25) is 0 Å². The number of hydrogen-bond donors (Lipinski definition) is 2. The third kappa shape index (κ3) is 1.71. The highest BCUT2D eigenvalue weighted by Crippen LogP contribution is 2.28. The zero-order chi connectivity index (χ0) is 16.2. The fourth-order valence-corrected chi connectivity index (χ4v) is 3.11. The van der Waals surface area contributed by atoms with Crippen molar-refractivity contribution in [1.82, 2.24) is 25.1 Å². The van der Waals surface area contributed by atoms with Crippen molar-refractivity contribution in [3.8, 4) is 0 Å². The maximum absolute atomic E-state index is 12.8. The third-order valence-electron chi connectivity index (χ3n) is 4.23. The van der Waals surface area contributed by atoms with Gasteiger partial charge in [0.1, 0.15) is 5.54 Å². The van der Waals surface area contributed by atoms with E-state index in [0.29, 0.717) is 29.9 Å². The quantitative estimate of drug-likeness (QED) is 0.783. The first-order valence-electron chi connectivity index (χ1n) is 7.51. The Bertz CT molecular complexity index is 861. The number of rotatable bonds is 1. The lowest BCUT2D eigenvalue weighted by molar-refractivity contribution is -0.123. The van der Waals surface area contributed by atoms with E-state index in [9.17, 15) is 9.59 Å². The third-order valence-corrected chi connectivity index (χ3v) is 4.23. The second-order valence-electron chi connectivity index (χ2n) is 5.63. The molecule has 2 aliphatic rings. The molecule has 7 nitrogen and oxygen atoms in total. The molecule has 22 heavy (non-hydrogen) atoms. The van der Waals surface area contributed by atoms with Crippen LogP contribution in [0, 0.1) is 0 Å². The van der Waals surface area contributed by atoms with E-state index in [4.69, 9.17) is 1.37 Å². The highest BCUT2D eigenvalue weighted by molar-refractivity contribution is 6.02. The van der Waals surface area contributed by atoms with E-state index in [1.807, 2.05) is 0 Å². The number of pyridine rings is 1. The van der Waals surface area contributed by atoms with E-state index in [1.165, 1.54) is 10.7 Å². The molecule has 2 N–H and O–H groups in total. The van der Waals surface area contributed by atoms with Gasteiger partial charge >= 0.3 is 0 Å². The standard InChI is InChI=1S/C15H15N5O2/c1-10-17-14(22)15(18-10)5-7-19(9-15)13(21)11-8-16-20-6-3-2-4-12(11)20/h2-4,6,8,18H,1,5,7,9H2,(H,17,22)/i6T. The number of nitrogens with zero attached hydrogens (tertiary/aromatic N) is 3. The summed E-state index contributed by atoms with van der Waals surface area (Å²) in [4.78, 5) is 26.5. The lowest BCUT2D eigenvalue weighted by Crippen LogP contribution is -2.49. The van der Waals surface area contributed by atoms with Gasteiger partial charge in [-0.25, -0.2) is 4.52 Å². The summed E-state index contributed by atoms with van der Waals surface area (Å²) in [5.41, 5.74) is 0.251. The maximum Gasteiger partial charge on any atom is 0.257 e. The molecule has 0 aromatic carbocycles. The molecule has 4 rings (SSSR count). The first kappa shape index (κ1) is 11.8. The van der Waals surface area contributed by atoms with Gasteiger partial charge in [0, 0.05) is 12.7 Å². The number of carbonyl (C=O) groups is 2. The molecule has 2 fully saturated rings. The fourth-order valence-electron chi connectivity index (χ4n) is 3.11. The maximum atomic E-state index is 12.8. The number of likely N-dealkylation sites (tertiary alicyclic amines) is 1. The first-order chi connectivity index (χ1) is 11.0.